The summed E-state index contributed by atoms with van der Waals surface area (Å²) in [7, 11) is 0. The van der Waals surface area contributed by atoms with Gasteiger partial charge < -0.3 is 29.7 Å². The molecular formula is C60H93AlO6. The van der Waals surface area contributed by atoms with Gasteiger partial charge >= 0.3 is 17.4 Å². The van der Waals surface area contributed by atoms with Crippen LogP contribution in [0.5, 0.6) is 0 Å². The number of rotatable bonds is 6. The summed E-state index contributed by atoms with van der Waals surface area (Å²) in [6.45, 7) is 27.0. The monoisotopic (exact) mass is 937 g/mol. The van der Waals surface area contributed by atoms with Gasteiger partial charge in [0.15, 0.2) is 0 Å². The van der Waals surface area contributed by atoms with E-state index in [-0.39, 0.29) is 51.4 Å². The second-order valence-corrected chi connectivity index (χ2v) is 26.9. The Morgan fingerprint density at radius 3 is 0.881 bits per heavy atom. The van der Waals surface area contributed by atoms with Crippen molar-refractivity contribution in [3.8, 4) is 0 Å². The Morgan fingerprint density at radius 2 is 0.672 bits per heavy atom. The smallest absolute Gasteiger partial charge is 0.550 e. The van der Waals surface area contributed by atoms with E-state index in [1.807, 2.05) is 20.8 Å². The third-order valence-electron chi connectivity index (χ3n) is 22.7. The van der Waals surface area contributed by atoms with Crippen molar-refractivity contribution >= 4 is 35.3 Å². The molecule has 9 rings (SSSR count). The van der Waals surface area contributed by atoms with Crippen LogP contribution in [-0.4, -0.2) is 35.3 Å². The summed E-state index contributed by atoms with van der Waals surface area (Å²) in [5, 5.41) is 35.5. The largest absolute Gasteiger partial charge is 3.00 e. The van der Waals surface area contributed by atoms with E-state index < -0.39 is 34.2 Å². The molecule has 9 aliphatic carbocycles. The van der Waals surface area contributed by atoms with Gasteiger partial charge in [0.05, 0.1) is 0 Å². The van der Waals surface area contributed by atoms with Crippen LogP contribution in [0.25, 0.3) is 0 Å². The van der Waals surface area contributed by atoms with Crippen molar-refractivity contribution in [1.29, 1.82) is 0 Å². The number of aliphatic carboxylic acids is 3. The number of hydrogen-bond acceptors (Lipinski definition) is 6. The second kappa shape index (κ2) is 20.3. The Kier molecular flexibility index (Phi) is 16.5. The molecule has 0 radical (unpaired) electrons. The van der Waals surface area contributed by atoms with Gasteiger partial charge in [-0.25, -0.2) is 0 Å². The summed E-state index contributed by atoms with van der Waals surface area (Å²) in [5.74, 6) is 4.85. The topological polar surface area (TPSA) is 120 Å². The van der Waals surface area contributed by atoms with Gasteiger partial charge in [0, 0.05) is 34.2 Å². The molecule has 0 aromatic rings. The molecular weight excluding hydrogens is 844 g/mol. The van der Waals surface area contributed by atoms with Gasteiger partial charge in [0.25, 0.3) is 0 Å². The molecule has 0 saturated heterocycles. The van der Waals surface area contributed by atoms with E-state index in [1.165, 1.54) is 77.0 Å². The van der Waals surface area contributed by atoms with E-state index >= 15 is 0 Å². The summed E-state index contributed by atoms with van der Waals surface area (Å²) in [5.41, 5.74) is 3.53. The first-order valence-electron chi connectivity index (χ1n) is 27.6. The summed E-state index contributed by atoms with van der Waals surface area (Å²) in [6, 6.07) is 0. The van der Waals surface area contributed by atoms with Crippen LogP contribution < -0.4 is 15.3 Å². The Morgan fingerprint density at radius 1 is 0.433 bits per heavy atom. The summed E-state index contributed by atoms with van der Waals surface area (Å²) < 4.78 is 0. The zero-order chi connectivity index (χ0) is 48.4. The van der Waals surface area contributed by atoms with Crippen molar-refractivity contribution in [2.75, 3.05) is 0 Å². The van der Waals surface area contributed by atoms with Gasteiger partial charge in [-0.15, -0.1) is 0 Å². The van der Waals surface area contributed by atoms with Crippen LogP contribution in [0.4, 0.5) is 0 Å². The number of allylic oxidation sites excluding steroid dienone is 6. The van der Waals surface area contributed by atoms with Crippen molar-refractivity contribution in [2.45, 2.75) is 218 Å². The molecule has 0 heterocycles. The minimum absolute atomic E-state index is 0. The van der Waals surface area contributed by atoms with Gasteiger partial charge in [-0.2, -0.15) is 0 Å². The molecule has 15 atom stereocenters. The van der Waals surface area contributed by atoms with Gasteiger partial charge in [-0.3, -0.25) is 0 Å². The molecule has 0 aliphatic heterocycles. The average Bonchev–Trinajstić information content (AvgIpc) is 3.26. The van der Waals surface area contributed by atoms with Crippen LogP contribution in [0.15, 0.2) is 34.9 Å². The van der Waals surface area contributed by atoms with Crippen LogP contribution in [-0.2, 0) is 14.4 Å². The van der Waals surface area contributed by atoms with Gasteiger partial charge in [0.1, 0.15) is 0 Å². The van der Waals surface area contributed by atoms with E-state index in [4.69, 9.17) is 0 Å². The minimum atomic E-state index is -0.823. The minimum Gasteiger partial charge on any atom is -0.550 e. The maximum absolute atomic E-state index is 11.8. The fourth-order valence-corrected chi connectivity index (χ4v) is 18.1. The maximum Gasteiger partial charge on any atom is 3.00 e. The van der Waals surface area contributed by atoms with Crippen molar-refractivity contribution in [2.24, 2.45) is 104 Å². The molecule has 6 unspecified atom stereocenters. The number of carboxylic acids is 3. The summed E-state index contributed by atoms with van der Waals surface area (Å²) in [6.07, 6.45) is 30.5. The molecule has 7 heteroatoms. The van der Waals surface area contributed by atoms with Crippen molar-refractivity contribution in [3.05, 3.63) is 34.9 Å². The van der Waals surface area contributed by atoms with Crippen LogP contribution >= 0.6 is 0 Å². The third-order valence-corrected chi connectivity index (χ3v) is 22.7. The van der Waals surface area contributed by atoms with E-state index in [2.05, 4.69) is 80.5 Å². The van der Waals surface area contributed by atoms with E-state index in [9.17, 15) is 29.7 Å². The summed E-state index contributed by atoms with van der Waals surface area (Å²) in [4.78, 5) is 35.5. The fraction of sp³-hybridized carbons (Fsp3) is 0.850. The fourth-order valence-electron chi connectivity index (χ4n) is 18.1. The van der Waals surface area contributed by atoms with Crippen LogP contribution in [0.1, 0.15) is 218 Å². The van der Waals surface area contributed by atoms with Gasteiger partial charge in [0.2, 0.25) is 0 Å². The summed E-state index contributed by atoms with van der Waals surface area (Å²) >= 11 is 0. The molecule has 6 fully saturated rings. The Hall–Kier alpha value is -1.84. The first-order chi connectivity index (χ1) is 30.9. The number of fused-ring (bicyclic) bond motifs is 9. The van der Waals surface area contributed by atoms with E-state index in [0.717, 1.165) is 93.3 Å². The Bertz CT molecular complexity index is 1700. The molecule has 0 spiro atoms. The zero-order valence-corrected chi connectivity index (χ0v) is 45.7. The van der Waals surface area contributed by atoms with Crippen LogP contribution in [0.2, 0.25) is 0 Å². The predicted molar refractivity (Wildman–Crippen MR) is 267 cm³/mol. The zero-order valence-electron chi connectivity index (χ0n) is 44.5. The van der Waals surface area contributed by atoms with Gasteiger partial charge in [-0.05, 0) is 203 Å². The second-order valence-electron chi connectivity index (χ2n) is 26.9. The van der Waals surface area contributed by atoms with E-state index in [0.29, 0.717) is 17.8 Å². The third kappa shape index (κ3) is 9.67. The average molecular weight is 937 g/mol. The molecule has 0 bridgehead atoms. The molecule has 6 saturated carbocycles. The van der Waals surface area contributed by atoms with Crippen LogP contribution in [0.3, 0.4) is 0 Å². The number of hydrogen-bond donors (Lipinski definition) is 0. The number of carbonyl (C=O) groups excluding carboxylic acids is 3. The van der Waals surface area contributed by atoms with Crippen molar-refractivity contribution < 1.29 is 29.7 Å². The maximum atomic E-state index is 11.8. The first-order valence-corrected chi connectivity index (χ1v) is 27.6. The molecule has 0 aromatic heterocycles. The quantitative estimate of drug-likeness (QED) is 0.193. The van der Waals surface area contributed by atoms with Crippen molar-refractivity contribution in [3.63, 3.8) is 0 Å². The molecule has 67 heavy (non-hydrogen) atoms. The SMILES string of the molecule is CC(C)C1CC[C@H]2C(=CCC3[C@](C)(C(=O)[O-])CCC[C@@]32C)C1.CC(C)C1CC[C@H]2C(=CCC3[C@](C)(C(=O)[O-])CCC[C@@]32C)C1.CC(C)C1CC[C@H]2C(=CCC3[C@](C)(C(=O)[O-])CCC[C@@]32C)C1.[Al+3]. The standard InChI is InChI=1S/3C20H32O2.Al/c3*1-13(2)14-6-8-16-15(12-14)7-9-17-19(16,3)10-5-11-20(17,4)18(21)22;/h3*7,13-14,16-17H,5-6,8-12H2,1-4H3,(H,21,22);/q;;;+3/p-3/t3*14?,16-,17?,19+,20+;/m000./s1. The Balaban J connectivity index is 0.000000165. The molecule has 0 amide bonds. The first kappa shape index (κ1) is 54.5. The number of carbonyl (C=O) groups is 3. The van der Waals surface area contributed by atoms with Gasteiger partial charge in [-0.1, -0.05) is 137 Å². The van der Waals surface area contributed by atoms with Crippen molar-refractivity contribution in [1.82, 2.24) is 0 Å². The predicted octanol–water partition coefficient (Wildman–Crippen LogP) is 11.5. The van der Waals surface area contributed by atoms with E-state index in [1.54, 1.807) is 16.7 Å². The molecule has 0 aromatic carbocycles. The molecule has 372 valence electrons. The molecule has 9 aliphatic rings. The normalized spacial score (nSPS) is 44.3. The van der Waals surface area contributed by atoms with Crippen LogP contribution in [0, 0.1) is 104 Å². The molecule has 6 nitrogen and oxygen atoms in total. The molecule has 0 N–H and O–H groups in total. The Labute approximate surface area is 419 Å². The number of carboxylic acid groups (broad SMARTS) is 3.